The molecule has 2 nitrogen and oxygen atoms in total. The summed E-state index contributed by atoms with van der Waals surface area (Å²) < 4.78 is 0. The molecule has 0 aromatic heterocycles. The highest BCUT2D eigenvalue weighted by Gasteiger charge is 2.18. The number of nitrogens with zero attached hydrogens (tertiary/aromatic N) is 1. The average Bonchev–Trinajstić information content (AvgIpc) is 2.14. The lowest BCUT2D eigenvalue weighted by Gasteiger charge is -1.85. The van der Waals surface area contributed by atoms with Gasteiger partial charge in [-0.05, 0) is 5.41 Å². The summed E-state index contributed by atoms with van der Waals surface area (Å²) in [4.78, 5) is 10.5. The van der Waals surface area contributed by atoms with Crippen molar-refractivity contribution in [2.45, 2.75) is 0 Å². The van der Waals surface area contributed by atoms with Gasteiger partial charge in [-0.2, -0.15) is 5.26 Å². The topological polar surface area (TPSA) is 40.9 Å². The maximum absolute atomic E-state index is 10.5. The van der Waals surface area contributed by atoms with E-state index in [1.165, 1.54) is 0 Å². The monoisotopic (exact) mass is 125 g/mol. The summed E-state index contributed by atoms with van der Waals surface area (Å²) in [6.45, 7) is 0. The summed E-state index contributed by atoms with van der Waals surface area (Å²) in [6, 6.07) is 1.86. The molecule has 0 aromatic carbocycles. The smallest absolute Gasteiger partial charge is 0.214 e. The van der Waals surface area contributed by atoms with Crippen LogP contribution in [0.15, 0.2) is 11.5 Å². The average molecular weight is 125 g/mol. The number of carbonyl (C=O) groups excluding carboxylic acids is 1. The second-order valence-electron chi connectivity index (χ2n) is 1.37. The molecule has 0 saturated carbocycles. The summed E-state index contributed by atoms with van der Waals surface area (Å²) in [6.07, 6.45) is 1.60. The van der Waals surface area contributed by atoms with Gasteiger partial charge in [0.1, 0.15) is 5.92 Å². The minimum absolute atomic E-state index is 0.0625. The van der Waals surface area contributed by atoms with Gasteiger partial charge in [-0.15, -0.1) is 0 Å². The van der Waals surface area contributed by atoms with E-state index in [0.717, 1.165) is 11.8 Å². The van der Waals surface area contributed by atoms with E-state index in [1.807, 2.05) is 6.07 Å². The highest BCUT2D eigenvalue weighted by molar-refractivity contribution is 8.16. The Labute approximate surface area is 51.2 Å². The zero-order valence-corrected chi connectivity index (χ0v) is 4.81. The van der Waals surface area contributed by atoms with Crippen molar-refractivity contribution < 1.29 is 4.79 Å². The molecule has 1 aliphatic rings. The Morgan fingerprint density at radius 2 is 2.62 bits per heavy atom. The van der Waals surface area contributed by atoms with Crippen LogP contribution in [0.2, 0.25) is 0 Å². The molecule has 40 valence electrons. The zero-order valence-electron chi connectivity index (χ0n) is 4.00. The number of thioether (sulfide) groups is 1. The normalized spacial score (nSPS) is 25.9. The van der Waals surface area contributed by atoms with Gasteiger partial charge in [0.2, 0.25) is 5.12 Å². The van der Waals surface area contributed by atoms with Crippen LogP contribution in [0.25, 0.3) is 0 Å². The zero-order chi connectivity index (χ0) is 5.98. The van der Waals surface area contributed by atoms with Gasteiger partial charge in [0.15, 0.2) is 0 Å². The fourth-order valence-corrected chi connectivity index (χ4v) is 1.08. The third-order valence-electron chi connectivity index (χ3n) is 0.848. The highest BCUT2D eigenvalue weighted by Crippen LogP contribution is 2.21. The summed E-state index contributed by atoms with van der Waals surface area (Å²) >= 11 is 1.09. The molecule has 0 bridgehead atoms. The van der Waals surface area contributed by atoms with Gasteiger partial charge in [0, 0.05) is 0 Å². The Kier molecular flexibility index (Phi) is 1.36. The van der Waals surface area contributed by atoms with Gasteiger partial charge in [-0.3, -0.25) is 4.79 Å². The molecule has 0 amide bonds. The molecule has 8 heavy (non-hydrogen) atoms. The lowest BCUT2D eigenvalue weighted by atomic mass is 10.2. The van der Waals surface area contributed by atoms with Crippen LogP contribution in [0, 0.1) is 17.2 Å². The van der Waals surface area contributed by atoms with E-state index in [4.69, 9.17) is 5.26 Å². The highest BCUT2D eigenvalue weighted by atomic mass is 32.2. The van der Waals surface area contributed by atoms with E-state index >= 15 is 0 Å². The fourth-order valence-electron chi connectivity index (χ4n) is 0.433. The van der Waals surface area contributed by atoms with Gasteiger partial charge in [0.25, 0.3) is 0 Å². The van der Waals surface area contributed by atoms with Crippen molar-refractivity contribution in [2.24, 2.45) is 5.92 Å². The maximum atomic E-state index is 10.5. The minimum Gasteiger partial charge on any atom is -0.285 e. The van der Waals surface area contributed by atoms with E-state index in [-0.39, 0.29) is 5.12 Å². The number of hydrogen-bond donors (Lipinski definition) is 0. The third kappa shape index (κ3) is 0.749. The molecule has 0 spiro atoms. The summed E-state index contributed by atoms with van der Waals surface area (Å²) in [5.74, 6) is -0.486. The maximum Gasteiger partial charge on any atom is 0.214 e. The predicted molar refractivity (Wildman–Crippen MR) is 30.8 cm³/mol. The van der Waals surface area contributed by atoms with Crippen molar-refractivity contribution in [1.29, 1.82) is 5.26 Å². The lowest BCUT2D eigenvalue weighted by Crippen LogP contribution is -1.98. The summed E-state index contributed by atoms with van der Waals surface area (Å²) in [5, 5.41) is 9.79. The van der Waals surface area contributed by atoms with Gasteiger partial charge in [0.05, 0.1) is 6.07 Å². The number of rotatable bonds is 0. The number of nitriles is 1. The molecular formula is C5H3NOS. The molecule has 1 rings (SSSR count). The van der Waals surface area contributed by atoms with Crippen LogP contribution in [0.1, 0.15) is 0 Å². The lowest BCUT2D eigenvalue weighted by molar-refractivity contribution is -0.111. The number of carbonyl (C=O) groups is 1. The van der Waals surface area contributed by atoms with Crippen molar-refractivity contribution in [3.05, 3.63) is 11.5 Å². The SMILES string of the molecule is N#CC1C=CSC1=O. The molecule has 1 atom stereocenters. The summed E-state index contributed by atoms with van der Waals surface area (Å²) in [5.41, 5.74) is 0. The van der Waals surface area contributed by atoms with Crippen molar-refractivity contribution in [3.8, 4) is 6.07 Å². The molecular weight excluding hydrogens is 122 g/mol. The van der Waals surface area contributed by atoms with E-state index in [1.54, 1.807) is 11.5 Å². The molecule has 1 heterocycles. The van der Waals surface area contributed by atoms with E-state index in [2.05, 4.69) is 0 Å². The number of allylic oxidation sites excluding steroid dienone is 1. The van der Waals surface area contributed by atoms with Gasteiger partial charge in [-0.1, -0.05) is 17.8 Å². The van der Waals surface area contributed by atoms with Crippen LogP contribution >= 0.6 is 11.8 Å². The van der Waals surface area contributed by atoms with Gasteiger partial charge < -0.3 is 0 Å². The van der Waals surface area contributed by atoms with Crippen LogP contribution in [-0.4, -0.2) is 5.12 Å². The van der Waals surface area contributed by atoms with Crippen molar-refractivity contribution in [2.75, 3.05) is 0 Å². The molecule has 0 aliphatic carbocycles. The van der Waals surface area contributed by atoms with Crippen LogP contribution in [0.4, 0.5) is 0 Å². The first-order chi connectivity index (χ1) is 3.84. The van der Waals surface area contributed by atoms with Crippen molar-refractivity contribution in [3.63, 3.8) is 0 Å². The quantitative estimate of drug-likeness (QED) is 0.483. The number of hydrogen-bond acceptors (Lipinski definition) is 3. The Balaban J connectivity index is 2.71. The van der Waals surface area contributed by atoms with E-state index in [0.29, 0.717) is 0 Å². The van der Waals surface area contributed by atoms with Gasteiger partial charge >= 0.3 is 0 Å². The molecule has 1 aliphatic heterocycles. The van der Waals surface area contributed by atoms with E-state index in [9.17, 15) is 4.79 Å². The first-order valence-corrected chi connectivity index (χ1v) is 2.99. The summed E-state index contributed by atoms with van der Waals surface area (Å²) in [7, 11) is 0. The van der Waals surface area contributed by atoms with E-state index < -0.39 is 5.92 Å². The van der Waals surface area contributed by atoms with Crippen molar-refractivity contribution in [1.82, 2.24) is 0 Å². The van der Waals surface area contributed by atoms with Crippen LogP contribution in [-0.2, 0) is 4.79 Å². The molecule has 0 saturated heterocycles. The second-order valence-corrected chi connectivity index (χ2v) is 2.28. The molecule has 0 fully saturated rings. The molecule has 0 N–H and O–H groups in total. The molecule has 0 radical (unpaired) electrons. The fraction of sp³-hybridized carbons (Fsp3) is 0.200. The standard InChI is InChI=1S/C5H3NOS/c6-3-4-1-2-8-5(4)7/h1-2,4H. The molecule has 0 aromatic rings. The third-order valence-corrected chi connectivity index (χ3v) is 1.63. The molecule has 3 heteroatoms. The largest absolute Gasteiger partial charge is 0.285 e. The Morgan fingerprint density at radius 1 is 1.88 bits per heavy atom. The minimum atomic E-state index is -0.486. The Morgan fingerprint density at radius 3 is 2.88 bits per heavy atom. The second kappa shape index (κ2) is 2.01. The first kappa shape index (κ1) is 5.39. The predicted octanol–water partition coefficient (Wildman–Crippen LogP) is 0.913. The molecule has 1 unspecified atom stereocenters. The van der Waals surface area contributed by atoms with Crippen LogP contribution < -0.4 is 0 Å². The Hall–Kier alpha value is -0.750. The Bertz CT molecular complexity index is 179. The first-order valence-electron chi connectivity index (χ1n) is 2.11. The van der Waals surface area contributed by atoms with Crippen molar-refractivity contribution >= 4 is 16.9 Å². The van der Waals surface area contributed by atoms with Crippen LogP contribution in [0.3, 0.4) is 0 Å². The van der Waals surface area contributed by atoms with Crippen LogP contribution in [0.5, 0.6) is 0 Å². The van der Waals surface area contributed by atoms with Gasteiger partial charge in [-0.25, -0.2) is 0 Å².